The summed E-state index contributed by atoms with van der Waals surface area (Å²) in [5.74, 6) is -0.479. The SMILES string of the molecule is CN1CCN(C(=O)C(C)(C)O)CC1=O. The van der Waals surface area contributed by atoms with Gasteiger partial charge in [-0.05, 0) is 13.8 Å². The summed E-state index contributed by atoms with van der Waals surface area (Å²) in [6.07, 6.45) is 0. The number of nitrogens with zero attached hydrogens (tertiary/aromatic N) is 2. The molecule has 1 rings (SSSR count). The minimum absolute atomic E-state index is 0.0688. The van der Waals surface area contributed by atoms with Crippen molar-refractivity contribution in [2.75, 3.05) is 26.7 Å². The van der Waals surface area contributed by atoms with Gasteiger partial charge in [0.25, 0.3) is 5.91 Å². The first-order valence-corrected chi connectivity index (χ1v) is 4.58. The fourth-order valence-electron chi connectivity index (χ4n) is 1.32. The topological polar surface area (TPSA) is 60.9 Å². The molecule has 0 aromatic carbocycles. The molecule has 1 saturated heterocycles. The number of hydrogen-bond donors (Lipinski definition) is 1. The van der Waals surface area contributed by atoms with Gasteiger partial charge in [0.15, 0.2) is 0 Å². The normalized spacial score (nSPS) is 18.7. The van der Waals surface area contributed by atoms with Crippen LogP contribution in [0.2, 0.25) is 0 Å². The van der Waals surface area contributed by atoms with E-state index in [-0.39, 0.29) is 18.4 Å². The van der Waals surface area contributed by atoms with Crippen LogP contribution in [0.25, 0.3) is 0 Å². The lowest BCUT2D eigenvalue weighted by molar-refractivity contribution is -0.154. The molecule has 0 unspecified atom stereocenters. The van der Waals surface area contributed by atoms with Crippen molar-refractivity contribution in [3.05, 3.63) is 0 Å². The fraction of sp³-hybridized carbons (Fsp3) is 0.778. The molecule has 0 radical (unpaired) electrons. The summed E-state index contributed by atoms with van der Waals surface area (Å²) in [6, 6.07) is 0. The summed E-state index contributed by atoms with van der Waals surface area (Å²) in [5, 5.41) is 9.47. The number of rotatable bonds is 1. The van der Waals surface area contributed by atoms with Gasteiger partial charge in [-0.3, -0.25) is 9.59 Å². The zero-order valence-electron chi connectivity index (χ0n) is 8.78. The van der Waals surface area contributed by atoms with Gasteiger partial charge in [-0.15, -0.1) is 0 Å². The first-order valence-electron chi connectivity index (χ1n) is 4.58. The van der Waals surface area contributed by atoms with Gasteiger partial charge < -0.3 is 14.9 Å². The lowest BCUT2D eigenvalue weighted by Gasteiger charge is -2.34. The van der Waals surface area contributed by atoms with E-state index in [1.807, 2.05) is 0 Å². The number of carbonyl (C=O) groups excluding carboxylic acids is 2. The highest BCUT2D eigenvalue weighted by molar-refractivity contribution is 5.89. The maximum atomic E-state index is 11.6. The van der Waals surface area contributed by atoms with E-state index >= 15 is 0 Å². The molecule has 1 N–H and O–H groups in total. The van der Waals surface area contributed by atoms with Gasteiger partial charge in [-0.25, -0.2) is 0 Å². The molecule has 2 amide bonds. The van der Waals surface area contributed by atoms with Crippen molar-refractivity contribution in [2.45, 2.75) is 19.4 Å². The number of aliphatic hydroxyl groups is 1. The van der Waals surface area contributed by atoms with Crippen molar-refractivity contribution in [1.82, 2.24) is 9.80 Å². The van der Waals surface area contributed by atoms with E-state index in [9.17, 15) is 14.7 Å². The van der Waals surface area contributed by atoms with Crippen molar-refractivity contribution in [3.63, 3.8) is 0 Å². The highest BCUT2D eigenvalue weighted by Crippen LogP contribution is 2.10. The molecule has 0 aromatic rings. The van der Waals surface area contributed by atoms with Gasteiger partial charge in [-0.2, -0.15) is 0 Å². The Hall–Kier alpha value is -1.10. The third kappa shape index (κ3) is 2.23. The Bertz CT molecular complexity index is 257. The van der Waals surface area contributed by atoms with Crippen LogP contribution in [0.3, 0.4) is 0 Å². The van der Waals surface area contributed by atoms with E-state index in [0.29, 0.717) is 13.1 Å². The quantitative estimate of drug-likeness (QED) is 0.594. The fourth-order valence-corrected chi connectivity index (χ4v) is 1.32. The molecule has 0 atom stereocenters. The van der Waals surface area contributed by atoms with E-state index in [4.69, 9.17) is 0 Å². The molecule has 0 aliphatic carbocycles. The van der Waals surface area contributed by atoms with E-state index in [0.717, 1.165) is 0 Å². The number of hydrogen-bond acceptors (Lipinski definition) is 3. The van der Waals surface area contributed by atoms with Gasteiger partial charge in [0.2, 0.25) is 5.91 Å². The summed E-state index contributed by atoms with van der Waals surface area (Å²) >= 11 is 0. The van der Waals surface area contributed by atoms with Crippen LogP contribution in [0.5, 0.6) is 0 Å². The van der Waals surface area contributed by atoms with E-state index in [2.05, 4.69) is 0 Å². The second-order valence-electron chi connectivity index (χ2n) is 4.10. The maximum Gasteiger partial charge on any atom is 0.254 e. The molecule has 1 heterocycles. The second-order valence-corrected chi connectivity index (χ2v) is 4.10. The molecule has 0 bridgehead atoms. The Morgan fingerprint density at radius 2 is 2.00 bits per heavy atom. The molecule has 0 spiro atoms. The van der Waals surface area contributed by atoms with E-state index in [1.54, 1.807) is 11.9 Å². The molecule has 80 valence electrons. The van der Waals surface area contributed by atoms with Crippen molar-refractivity contribution < 1.29 is 14.7 Å². The Morgan fingerprint density at radius 1 is 1.43 bits per heavy atom. The standard InChI is InChI=1S/C9H16N2O3/c1-9(2,14)8(13)11-5-4-10(3)7(12)6-11/h14H,4-6H2,1-3H3. The van der Waals surface area contributed by atoms with Crippen molar-refractivity contribution in [1.29, 1.82) is 0 Å². The molecule has 0 aromatic heterocycles. The summed E-state index contributed by atoms with van der Waals surface area (Å²) in [7, 11) is 1.70. The number of amides is 2. The first kappa shape index (κ1) is 11.0. The average molecular weight is 200 g/mol. The van der Waals surface area contributed by atoms with Crippen molar-refractivity contribution in [3.8, 4) is 0 Å². The van der Waals surface area contributed by atoms with Crippen LogP contribution >= 0.6 is 0 Å². The average Bonchev–Trinajstić information content (AvgIpc) is 2.07. The number of likely N-dealkylation sites (N-methyl/N-ethyl adjacent to an activating group) is 1. The van der Waals surface area contributed by atoms with Gasteiger partial charge >= 0.3 is 0 Å². The van der Waals surface area contributed by atoms with Crippen molar-refractivity contribution >= 4 is 11.8 Å². The first-order chi connectivity index (χ1) is 6.32. The zero-order valence-corrected chi connectivity index (χ0v) is 8.78. The van der Waals surface area contributed by atoms with E-state index in [1.165, 1.54) is 18.7 Å². The van der Waals surface area contributed by atoms with Crippen LogP contribution in [0.1, 0.15) is 13.8 Å². The monoisotopic (exact) mass is 200 g/mol. The van der Waals surface area contributed by atoms with Crippen LogP contribution in [0.4, 0.5) is 0 Å². The minimum Gasteiger partial charge on any atom is -0.381 e. The summed E-state index contributed by atoms with van der Waals surface area (Å²) < 4.78 is 0. The highest BCUT2D eigenvalue weighted by Gasteiger charge is 2.33. The molecule has 5 nitrogen and oxygen atoms in total. The molecule has 14 heavy (non-hydrogen) atoms. The Balaban J connectivity index is 2.64. The number of piperazine rings is 1. The Kier molecular flexibility index (Phi) is 2.80. The predicted octanol–water partition coefficient (Wildman–Crippen LogP) is -0.942. The van der Waals surface area contributed by atoms with Gasteiger partial charge in [-0.1, -0.05) is 0 Å². The zero-order chi connectivity index (χ0) is 10.9. The van der Waals surface area contributed by atoms with E-state index < -0.39 is 5.60 Å². The molecule has 1 fully saturated rings. The molecule has 1 aliphatic heterocycles. The summed E-state index contributed by atoms with van der Waals surface area (Å²) in [5.41, 5.74) is -1.39. The summed E-state index contributed by atoms with van der Waals surface area (Å²) in [6.45, 7) is 3.95. The Labute approximate surface area is 83.3 Å². The lowest BCUT2D eigenvalue weighted by Crippen LogP contribution is -2.55. The molecule has 0 saturated carbocycles. The molecular formula is C9H16N2O3. The van der Waals surface area contributed by atoms with Gasteiger partial charge in [0.1, 0.15) is 5.60 Å². The lowest BCUT2D eigenvalue weighted by atomic mass is 10.1. The third-order valence-electron chi connectivity index (χ3n) is 2.27. The molecule has 5 heteroatoms. The Morgan fingerprint density at radius 3 is 2.43 bits per heavy atom. The second kappa shape index (κ2) is 3.57. The molecule has 1 aliphatic rings. The number of carbonyl (C=O) groups is 2. The van der Waals surface area contributed by atoms with Gasteiger partial charge in [0.05, 0.1) is 6.54 Å². The maximum absolute atomic E-state index is 11.6. The van der Waals surface area contributed by atoms with Crippen LogP contribution < -0.4 is 0 Å². The predicted molar refractivity (Wildman–Crippen MR) is 50.5 cm³/mol. The largest absolute Gasteiger partial charge is 0.381 e. The highest BCUT2D eigenvalue weighted by atomic mass is 16.3. The molecular weight excluding hydrogens is 184 g/mol. The summed E-state index contributed by atoms with van der Waals surface area (Å²) in [4.78, 5) is 25.8. The smallest absolute Gasteiger partial charge is 0.254 e. The van der Waals surface area contributed by atoms with Gasteiger partial charge in [0, 0.05) is 20.1 Å². The van der Waals surface area contributed by atoms with Crippen LogP contribution in [-0.2, 0) is 9.59 Å². The minimum atomic E-state index is -1.39. The van der Waals surface area contributed by atoms with Crippen LogP contribution in [0, 0.1) is 0 Å². The van der Waals surface area contributed by atoms with Crippen LogP contribution in [0.15, 0.2) is 0 Å². The third-order valence-corrected chi connectivity index (χ3v) is 2.27. The van der Waals surface area contributed by atoms with Crippen molar-refractivity contribution in [2.24, 2.45) is 0 Å². The van der Waals surface area contributed by atoms with Crippen LogP contribution in [-0.4, -0.2) is 59.0 Å².